The van der Waals surface area contributed by atoms with Crippen LogP contribution in [0, 0.1) is 0 Å². The fourth-order valence-electron chi connectivity index (χ4n) is 1.32. The zero-order chi connectivity index (χ0) is 14.8. The Morgan fingerprint density at radius 3 is 2.35 bits per heavy atom. The number of pyridine rings is 1. The van der Waals surface area contributed by atoms with Crippen LogP contribution in [0.1, 0.15) is 0 Å². The molecule has 0 saturated heterocycles. The highest BCUT2D eigenvalue weighted by Crippen LogP contribution is 2.35. The molecule has 1 heterocycles. The summed E-state index contributed by atoms with van der Waals surface area (Å²) >= 11 is 6.26. The molecule has 0 unspecified atom stereocenters. The van der Waals surface area contributed by atoms with Gasteiger partial charge in [-0.3, -0.25) is 4.98 Å². The van der Waals surface area contributed by atoms with Gasteiger partial charge in [-0.1, -0.05) is 0 Å². The van der Waals surface area contributed by atoms with Crippen molar-refractivity contribution in [2.24, 2.45) is 0 Å². The Balaban J connectivity index is 2.19. The lowest BCUT2D eigenvalue weighted by Crippen LogP contribution is -2.17. The van der Waals surface area contributed by atoms with E-state index in [0.717, 1.165) is 0 Å². The number of ether oxygens (including phenoxy) is 2. The van der Waals surface area contributed by atoms with Crippen LogP contribution in [0.4, 0.5) is 13.2 Å². The molecule has 0 aliphatic carbocycles. The van der Waals surface area contributed by atoms with E-state index in [0.29, 0.717) is 16.0 Å². The molecule has 0 atom stereocenters. The van der Waals surface area contributed by atoms with Gasteiger partial charge in [-0.05, 0) is 50.1 Å². The smallest absolute Gasteiger partial charge is 0.456 e. The summed E-state index contributed by atoms with van der Waals surface area (Å²) in [5.74, 6) is 0.522. The molecule has 106 valence electrons. The molecule has 0 radical (unpaired) electrons. The number of halogens is 5. The number of hydrogen-bond acceptors (Lipinski definition) is 3. The number of aromatic nitrogens is 1. The quantitative estimate of drug-likeness (QED) is 0.685. The molecule has 0 aliphatic heterocycles. The number of nitrogens with zero attached hydrogens (tertiary/aromatic N) is 1. The molecule has 20 heavy (non-hydrogen) atoms. The lowest BCUT2D eigenvalue weighted by Gasteiger charge is -2.12. The largest absolute Gasteiger partial charge is 0.573 e. The minimum absolute atomic E-state index is 0.137. The predicted molar refractivity (Wildman–Crippen MR) is 72.8 cm³/mol. The van der Waals surface area contributed by atoms with Crippen LogP contribution >= 0.6 is 31.9 Å². The highest BCUT2D eigenvalue weighted by atomic mass is 79.9. The van der Waals surface area contributed by atoms with Crippen LogP contribution < -0.4 is 9.47 Å². The van der Waals surface area contributed by atoms with Gasteiger partial charge in [0.2, 0.25) is 0 Å². The first-order valence-electron chi connectivity index (χ1n) is 5.18. The SMILES string of the molecule is FC(F)(F)Oc1ccc(Oc2ccncc2Br)cc1Br. The first-order chi connectivity index (χ1) is 9.35. The van der Waals surface area contributed by atoms with Gasteiger partial charge in [0.25, 0.3) is 0 Å². The van der Waals surface area contributed by atoms with Crippen LogP contribution in [0.25, 0.3) is 0 Å². The minimum Gasteiger partial charge on any atom is -0.456 e. The van der Waals surface area contributed by atoms with Gasteiger partial charge in [-0.2, -0.15) is 0 Å². The normalized spacial score (nSPS) is 11.2. The Hall–Kier alpha value is -1.28. The van der Waals surface area contributed by atoms with Crippen molar-refractivity contribution in [1.29, 1.82) is 0 Å². The third-order valence-corrected chi connectivity index (χ3v) is 3.31. The van der Waals surface area contributed by atoms with Crippen LogP contribution in [0.5, 0.6) is 17.2 Å². The molecule has 0 spiro atoms. The molecule has 0 amide bonds. The van der Waals surface area contributed by atoms with Crippen molar-refractivity contribution in [2.45, 2.75) is 6.36 Å². The summed E-state index contributed by atoms with van der Waals surface area (Å²) < 4.78 is 46.5. The Kier molecular flexibility index (Phi) is 4.54. The second-order valence-corrected chi connectivity index (χ2v) is 5.26. The fraction of sp³-hybridized carbons (Fsp3) is 0.0833. The van der Waals surface area contributed by atoms with E-state index >= 15 is 0 Å². The Morgan fingerprint density at radius 1 is 1.00 bits per heavy atom. The van der Waals surface area contributed by atoms with Crippen LogP contribution in [-0.2, 0) is 0 Å². The van der Waals surface area contributed by atoms with Gasteiger partial charge >= 0.3 is 6.36 Å². The number of hydrogen-bond donors (Lipinski definition) is 0. The molecule has 0 fully saturated rings. The molecule has 0 bridgehead atoms. The lowest BCUT2D eigenvalue weighted by molar-refractivity contribution is -0.274. The number of alkyl halides is 3. The van der Waals surface area contributed by atoms with E-state index in [1.165, 1.54) is 24.4 Å². The van der Waals surface area contributed by atoms with Crippen molar-refractivity contribution < 1.29 is 22.6 Å². The summed E-state index contributed by atoms with van der Waals surface area (Å²) in [5.41, 5.74) is 0. The molecule has 0 saturated carbocycles. The molecule has 2 rings (SSSR count). The van der Waals surface area contributed by atoms with Crippen molar-refractivity contribution in [3.63, 3.8) is 0 Å². The summed E-state index contributed by atoms with van der Waals surface area (Å²) in [7, 11) is 0. The third kappa shape index (κ3) is 4.11. The molecular formula is C12H6Br2F3NO2. The van der Waals surface area contributed by atoms with E-state index in [-0.39, 0.29) is 10.2 Å². The average Bonchev–Trinajstić information content (AvgIpc) is 2.34. The van der Waals surface area contributed by atoms with Gasteiger partial charge in [0.15, 0.2) is 0 Å². The van der Waals surface area contributed by atoms with Crippen molar-refractivity contribution >= 4 is 31.9 Å². The summed E-state index contributed by atoms with van der Waals surface area (Å²) in [6, 6.07) is 5.55. The molecule has 2 aromatic rings. The molecular weight excluding hydrogens is 407 g/mol. The zero-order valence-corrected chi connectivity index (χ0v) is 12.8. The number of benzene rings is 1. The van der Waals surface area contributed by atoms with Gasteiger partial charge in [0, 0.05) is 18.5 Å². The van der Waals surface area contributed by atoms with Crippen LogP contribution in [-0.4, -0.2) is 11.3 Å². The first kappa shape index (κ1) is 15.1. The van der Waals surface area contributed by atoms with E-state index in [2.05, 4.69) is 41.6 Å². The average molecular weight is 413 g/mol. The monoisotopic (exact) mass is 411 g/mol. The molecule has 1 aromatic carbocycles. The van der Waals surface area contributed by atoms with E-state index in [1.807, 2.05) is 0 Å². The zero-order valence-electron chi connectivity index (χ0n) is 9.62. The second-order valence-electron chi connectivity index (χ2n) is 3.55. The second kappa shape index (κ2) is 6.01. The molecule has 8 heteroatoms. The summed E-state index contributed by atoms with van der Waals surface area (Å²) in [5, 5.41) is 0. The Labute approximate surface area is 129 Å². The van der Waals surface area contributed by atoms with E-state index in [4.69, 9.17) is 4.74 Å². The van der Waals surface area contributed by atoms with E-state index in [9.17, 15) is 13.2 Å². The molecule has 0 N–H and O–H groups in total. The topological polar surface area (TPSA) is 31.4 Å². The van der Waals surface area contributed by atoms with Gasteiger partial charge in [-0.15, -0.1) is 13.2 Å². The summed E-state index contributed by atoms with van der Waals surface area (Å²) in [6.45, 7) is 0. The first-order valence-corrected chi connectivity index (χ1v) is 6.76. The van der Waals surface area contributed by atoms with Gasteiger partial charge in [-0.25, -0.2) is 0 Å². The van der Waals surface area contributed by atoms with Crippen molar-refractivity contribution in [3.05, 3.63) is 45.6 Å². The molecule has 1 aromatic heterocycles. The fourth-order valence-corrected chi connectivity index (χ4v) is 2.09. The Bertz CT molecular complexity index is 620. The maximum atomic E-state index is 12.1. The van der Waals surface area contributed by atoms with Crippen molar-refractivity contribution in [1.82, 2.24) is 4.98 Å². The maximum Gasteiger partial charge on any atom is 0.573 e. The van der Waals surface area contributed by atoms with Gasteiger partial charge in [0.1, 0.15) is 17.2 Å². The standard InChI is InChI=1S/C12H6Br2F3NO2/c13-8-5-7(1-2-11(8)20-12(15,16)17)19-10-3-4-18-6-9(10)14/h1-6H. The summed E-state index contributed by atoms with van der Waals surface area (Å²) in [6.07, 6.45) is -1.65. The van der Waals surface area contributed by atoms with Crippen LogP contribution in [0.3, 0.4) is 0 Å². The molecule has 3 nitrogen and oxygen atoms in total. The van der Waals surface area contributed by atoms with E-state index in [1.54, 1.807) is 12.3 Å². The van der Waals surface area contributed by atoms with Gasteiger partial charge in [0.05, 0.1) is 8.95 Å². The Morgan fingerprint density at radius 2 is 1.75 bits per heavy atom. The number of rotatable bonds is 3. The molecule has 0 aliphatic rings. The lowest BCUT2D eigenvalue weighted by atomic mass is 10.3. The van der Waals surface area contributed by atoms with Crippen molar-refractivity contribution in [3.8, 4) is 17.2 Å². The minimum atomic E-state index is -4.74. The van der Waals surface area contributed by atoms with Crippen molar-refractivity contribution in [2.75, 3.05) is 0 Å². The highest BCUT2D eigenvalue weighted by molar-refractivity contribution is 9.10. The van der Waals surface area contributed by atoms with Gasteiger partial charge < -0.3 is 9.47 Å². The predicted octanol–water partition coefficient (Wildman–Crippen LogP) is 5.30. The van der Waals surface area contributed by atoms with Crippen LogP contribution in [0.15, 0.2) is 45.6 Å². The van der Waals surface area contributed by atoms with E-state index < -0.39 is 6.36 Å². The maximum absolute atomic E-state index is 12.1. The van der Waals surface area contributed by atoms with Crippen LogP contribution in [0.2, 0.25) is 0 Å². The third-order valence-electron chi connectivity index (χ3n) is 2.09. The highest BCUT2D eigenvalue weighted by Gasteiger charge is 2.32. The summed E-state index contributed by atoms with van der Waals surface area (Å²) in [4.78, 5) is 3.88.